The van der Waals surface area contributed by atoms with Gasteiger partial charge in [-0.2, -0.15) is 0 Å². The fourth-order valence-electron chi connectivity index (χ4n) is 2.04. The number of nitrogens with zero attached hydrogens (tertiary/aromatic N) is 1. The van der Waals surface area contributed by atoms with E-state index in [1.807, 2.05) is 20.8 Å². The van der Waals surface area contributed by atoms with E-state index in [1.165, 1.54) is 0 Å². The summed E-state index contributed by atoms with van der Waals surface area (Å²) in [6.45, 7) is 13.1. The first-order valence-electron chi connectivity index (χ1n) is 7.17. The summed E-state index contributed by atoms with van der Waals surface area (Å²) in [5.74, 6) is -0.153. The predicted molar refractivity (Wildman–Crippen MR) is 75.2 cm³/mol. The molecule has 5 heteroatoms. The highest BCUT2D eigenvalue weighted by Gasteiger charge is 2.19. The molecule has 1 aliphatic heterocycles. The van der Waals surface area contributed by atoms with Gasteiger partial charge in [0.05, 0.1) is 19.1 Å². The largest absolute Gasteiger partial charge is 0.460 e. The summed E-state index contributed by atoms with van der Waals surface area (Å²) in [5.41, 5.74) is -0.398. The zero-order valence-corrected chi connectivity index (χ0v) is 12.7. The van der Waals surface area contributed by atoms with Crippen LogP contribution in [0.5, 0.6) is 0 Å². The van der Waals surface area contributed by atoms with Gasteiger partial charge in [0.1, 0.15) is 5.60 Å². The van der Waals surface area contributed by atoms with Crippen molar-refractivity contribution in [3.63, 3.8) is 0 Å². The summed E-state index contributed by atoms with van der Waals surface area (Å²) in [6.07, 6.45) is 0.633. The molecule has 1 fully saturated rings. The summed E-state index contributed by atoms with van der Waals surface area (Å²) in [4.78, 5) is 13.9. The van der Waals surface area contributed by atoms with Gasteiger partial charge in [0, 0.05) is 26.2 Å². The second-order valence-electron chi connectivity index (χ2n) is 5.93. The molecule has 0 spiro atoms. The Morgan fingerprint density at radius 2 is 2.21 bits per heavy atom. The number of ether oxygens (including phenoxy) is 2. The number of likely N-dealkylation sites (N-methyl/N-ethyl adjacent to an activating group) is 1. The highest BCUT2D eigenvalue weighted by molar-refractivity contribution is 5.70. The normalized spacial score (nSPS) is 21.4. The van der Waals surface area contributed by atoms with Gasteiger partial charge in [-0.15, -0.1) is 0 Å². The molecule has 0 aliphatic carbocycles. The van der Waals surface area contributed by atoms with Crippen molar-refractivity contribution in [3.05, 3.63) is 0 Å². The molecule has 0 bridgehead atoms. The van der Waals surface area contributed by atoms with Crippen LogP contribution in [0.25, 0.3) is 0 Å². The average molecular weight is 272 g/mol. The lowest BCUT2D eigenvalue weighted by atomic mass is 10.2. The Labute approximate surface area is 116 Å². The number of carbonyl (C=O) groups excluding carboxylic acids is 1. The molecule has 0 aromatic rings. The van der Waals surface area contributed by atoms with E-state index in [0.717, 1.165) is 32.8 Å². The van der Waals surface area contributed by atoms with Gasteiger partial charge in [0.25, 0.3) is 0 Å². The summed E-state index contributed by atoms with van der Waals surface area (Å²) in [6, 6.07) is 0. The van der Waals surface area contributed by atoms with Gasteiger partial charge in [-0.3, -0.25) is 9.69 Å². The molecule has 1 heterocycles. The van der Waals surface area contributed by atoms with E-state index < -0.39 is 5.60 Å². The minimum atomic E-state index is -0.398. The first kappa shape index (κ1) is 16.4. The van der Waals surface area contributed by atoms with Crippen LogP contribution >= 0.6 is 0 Å². The van der Waals surface area contributed by atoms with Crippen LogP contribution < -0.4 is 5.32 Å². The van der Waals surface area contributed by atoms with Gasteiger partial charge in [-0.25, -0.2) is 0 Å². The summed E-state index contributed by atoms with van der Waals surface area (Å²) in [5, 5.41) is 3.26. The van der Waals surface area contributed by atoms with Crippen LogP contribution in [-0.2, 0) is 14.3 Å². The summed E-state index contributed by atoms with van der Waals surface area (Å²) in [7, 11) is 0. The zero-order chi connectivity index (χ0) is 14.3. The molecule has 0 aromatic carbocycles. The number of hydrogen-bond donors (Lipinski definition) is 1. The van der Waals surface area contributed by atoms with Crippen LogP contribution in [0, 0.1) is 0 Å². The standard InChI is InChI=1S/C14H28N2O3/c1-5-16-8-9-18-12(11-16)10-15-7-6-13(17)19-14(2,3)4/h12,15H,5-11H2,1-4H3. The minimum Gasteiger partial charge on any atom is -0.460 e. The van der Waals surface area contributed by atoms with Crippen LogP contribution in [0.1, 0.15) is 34.1 Å². The van der Waals surface area contributed by atoms with Crippen molar-refractivity contribution in [2.75, 3.05) is 39.3 Å². The number of esters is 1. The number of carbonyl (C=O) groups is 1. The quantitative estimate of drug-likeness (QED) is 0.578. The third-order valence-corrected chi connectivity index (χ3v) is 2.97. The van der Waals surface area contributed by atoms with E-state index in [1.54, 1.807) is 0 Å². The molecule has 1 atom stereocenters. The molecule has 1 rings (SSSR count). The molecular formula is C14H28N2O3. The van der Waals surface area contributed by atoms with Crippen LogP contribution in [0.3, 0.4) is 0 Å². The molecule has 1 N–H and O–H groups in total. The Balaban J connectivity index is 2.09. The molecule has 1 saturated heterocycles. The van der Waals surface area contributed by atoms with Gasteiger partial charge < -0.3 is 14.8 Å². The Bertz CT molecular complexity index is 276. The van der Waals surface area contributed by atoms with Gasteiger partial charge in [-0.1, -0.05) is 6.92 Å². The van der Waals surface area contributed by atoms with Gasteiger partial charge in [0.2, 0.25) is 0 Å². The lowest BCUT2D eigenvalue weighted by Crippen LogP contribution is -2.46. The van der Waals surface area contributed by atoms with E-state index in [0.29, 0.717) is 13.0 Å². The van der Waals surface area contributed by atoms with Crippen molar-refractivity contribution in [1.29, 1.82) is 0 Å². The first-order valence-corrected chi connectivity index (χ1v) is 7.17. The summed E-state index contributed by atoms with van der Waals surface area (Å²) >= 11 is 0. The molecule has 0 aromatic heterocycles. The fraction of sp³-hybridized carbons (Fsp3) is 0.929. The topological polar surface area (TPSA) is 50.8 Å². The third kappa shape index (κ3) is 7.50. The van der Waals surface area contributed by atoms with E-state index in [2.05, 4.69) is 17.1 Å². The van der Waals surface area contributed by atoms with Crippen molar-refractivity contribution >= 4 is 5.97 Å². The zero-order valence-electron chi connectivity index (χ0n) is 12.7. The third-order valence-electron chi connectivity index (χ3n) is 2.97. The van der Waals surface area contributed by atoms with Crippen LogP contribution in [0.15, 0.2) is 0 Å². The second-order valence-corrected chi connectivity index (χ2v) is 5.93. The Morgan fingerprint density at radius 1 is 1.47 bits per heavy atom. The SMILES string of the molecule is CCN1CCOC(CNCCC(=O)OC(C)(C)C)C1. The average Bonchev–Trinajstić information content (AvgIpc) is 2.33. The fourth-order valence-corrected chi connectivity index (χ4v) is 2.04. The summed E-state index contributed by atoms with van der Waals surface area (Å²) < 4.78 is 10.9. The van der Waals surface area contributed by atoms with Crippen LogP contribution in [0.4, 0.5) is 0 Å². The number of rotatable bonds is 6. The molecule has 1 unspecified atom stereocenters. The molecule has 19 heavy (non-hydrogen) atoms. The monoisotopic (exact) mass is 272 g/mol. The van der Waals surface area contributed by atoms with Gasteiger partial charge in [0.15, 0.2) is 0 Å². The van der Waals surface area contributed by atoms with Crippen molar-refractivity contribution in [2.45, 2.75) is 45.8 Å². The van der Waals surface area contributed by atoms with Gasteiger partial charge in [-0.05, 0) is 27.3 Å². The maximum Gasteiger partial charge on any atom is 0.307 e. The van der Waals surface area contributed by atoms with Crippen LogP contribution in [0.2, 0.25) is 0 Å². The molecule has 0 saturated carbocycles. The van der Waals surface area contributed by atoms with E-state index in [-0.39, 0.29) is 12.1 Å². The number of hydrogen-bond acceptors (Lipinski definition) is 5. The Morgan fingerprint density at radius 3 is 2.84 bits per heavy atom. The Kier molecular flexibility index (Phi) is 6.75. The first-order chi connectivity index (χ1) is 8.90. The van der Waals surface area contributed by atoms with Crippen molar-refractivity contribution < 1.29 is 14.3 Å². The highest BCUT2D eigenvalue weighted by Crippen LogP contribution is 2.08. The maximum atomic E-state index is 11.5. The van der Waals surface area contributed by atoms with E-state index in [4.69, 9.17) is 9.47 Å². The smallest absolute Gasteiger partial charge is 0.307 e. The molecule has 5 nitrogen and oxygen atoms in total. The lowest BCUT2D eigenvalue weighted by Gasteiger charge is -2.32. The predicted octanol–water partition coefficient (Wildman–Crippen LogP) is 1.03. The van der Waals surface area contributed by atoms with Crippen molar-refractivity contribution in [2.24, 2.45) is 0 Å². The minimum absolute atomic E-state index is 0.153. The van der Waals surface area contributed by atoms with E-state index >= 15 is 0 Å². The van der Waals surface area contributed by atoms with E-state index in [9.17, 15) is 4.79 Å². The lowest BCUT2D eigenvalue weighted by molar-refractivity contribution is -0.154. The molecule has 0 radical (unpaired) electrons. The number of nitrogens with one attached hydrogen (secondary N) is 1. The number of morpholine rings is 1. The second kappa shape index (κ2) is 7.82. The molecule has 112 valence electrons. The van der Waals surface area contributed by atoms with Gasteiger partial charge >= 0.3 is 5.97 Å². The molecule has 1 aliphatic rings. The van der Waals surface area contributed by atoms with Crippen molar-refractivity contribution in [3.8, 4) is 0 Å². The highest BCUT2D eigenvalue weighted by atomic mass is 16.6. The van der Waals surface area contributed by atoms with Crippen LogP contribution in [-0.4, -0.2) is 61.9 Å². The molecule has 0 amide bonds. The Hall–Kier alpha value is -0.650. The molecular weight excluding hydrogens is 244 g/mol. The van der Waals surface area contributed by atoms with Crippen molar-refractivity contribution in [1.82, 2.24) is 10.2 Å². The maximum absolute atomic E-state index is 11.5.